The van der Waals surface area contributed by atoms with E-state index in [1.807, 2.05) is 43.3 Å². The van der Waals surface area contributed by atoms with Crippen molar-refractivity contribution in [3.05, 3.63) is 95.7 Å². The topological polar surface area (TPSA) is 57.7 Å². The number of hydrogen-bond donors (Lipinski definition) is 1. The number of hydrogen-bond acceptors (Lipinski definition) is 5. The maximum absolute atomic E-state index is 12.6. The fourth-order valence-electron chi connectivity index (χ4n) is 4.19. The lowest BCUT2D eigenvalue weighted by Crippen LogP contribution is -2.49. The van der Waals surface area contributed by atoms with Crippen molar-refractivity contribution < 1.29 is 9.53 Å². The molecule has 0 spiro atoms. The molecule has 0 unspecified atom stereocenters. The van der Waals surface area contributed by atoms with Gasteiger partial charge in [0.25, 0.3) is 5.91 Å². The highest BCUT2D eigenvalue weighted by Gasteiger charge is 2.26. The largest absolute Gasteiger partial charge is 0.470 e. The summed E-state index contributed by atoms with van der Waals surface area (Å²) in [5, 5.41) is 3.04. The molecule has 3 aromatic rings. The zero-order valence-electron chi connectivity index (χ0n) is 19.4. The Morgan fingerprint density at radius 3 is 2.48 bits per heavy atom. The van der Waals surface area contributed by atoms with Gasteiger partial charge in [-0.1, -0.05) is 60.7 Å². The van der Waals surface area contributed by atoms with Gasteiger partial charge in [0, 0.05) is 51.0 Å². The number of carbonyl (C=O) groups excluding carboxylic acids is 1. The molecule has 1 N–H and O–H groups in total. The van der Waals surface area contributed by atoms with Gasteiger partial charge >= 0.3 is 0 Å². The van der Waals surface area contributed by atoms with Crippen LogP contribution in [-0.2, 0) is 0 Å². The first-order valence-corrected chi connectivity index (χ1v) is 11.5. The lowest BCUT2D eigenvalue weighted by Gasteiger charge is -2.40. The quantitative estimate of drug-likeness (QED) is 0.570. The number of benzene rings is 2. The number of carbonyl (C=O) groups is 1. The molecule has 6 nitrogen and oxygen atoms in total. The molecule has 0 bridgehead atoms. The minimum Gasteiger partial charge on any atom is -0.470 e. The first kappa shape index (κ1) is 23.0. The normalized spacial score (nSPS) is 17.9. The van der Waals surface area contributed by atoms with Gasteiger partial charge in [-0.2, -0.15) is 0 Å². The second-order valence-electron chi connectivity index (χ2n) is 8.54. The Morgan fingerprint density at radius 2 is 1.79 bits per heavy atom. The number of amides is 1. The molecule has 0 aliphatic carbocycles. The van der Waals surface area contributed by atoms with Crippen molar-refractivity contribution in [3.63, 3.8) is 0 Å². The zero-order valence-corrected chi connectivity index (χ0v) is 19.4. The minimum absolute atomic E-state index is 0.112. The Morgan fingerprint density at radius 1 is 1.06 bits per heavy atom. The zero-order chi connectivity index (χ0) is 23.0. The Hall–Kier alpha value is -3.22. The molecule has 1 aliphatic heterocycles. The molecule has 0 saturated carbocycles. The van der Waals surface area contributed by atoms with Crippen molar-refractivity contribution >= 4 is 5.91 Å². The van der Waals surface area contributed by atoms with E-state index in [0.717, 1.165) is 31.7 Å². The lowest BCUT2D eigenvalue weighted by molar-refractivity contribution is 0.0843. The molecule has 2 aromatic carbocycles. The molecule has 1 aromatic heterocycles. The van der Waals surface area contributed by atoms with Gasteiger partial charge in [-0.15, -0.1) is 0 Å². The van der Waals surface area contributed by atoms with Crippen LogP contribution in [0.25, 0.3) is 0 Å². The van der Waals surface area contributed by atoms with Crippen molar-refractivity contribution in [3.8, 4) is 5.88 Å². The number of nitrogens with one attached hydrogen (secondary N) is 1. The number of nitrogens with zero attached hydrogens (tertiary/aromatic N) is 3. The first-order valence-electron chi connectivity index (χ1n) is 11.5. The van der Waals surface area contributed by atoms with Gasteiger partial charge in [0.1, 0.15) is 6.10 Å². The van der Waals surface area contributed by atoms with Crippen LogP contribution in [0.5, 0.6) is 5.88 Å². The van der Waals surface area contributed by atoms with Gasteiger partial charge in [0.15, 0.2) is 0 Å². The van der Waals surface area contributed by atoms with Gasteiger partial charge in [-0.25, -0.2) is 4.98 Å². The maximum Gasteiger partial charge on any atom is 0.252 e. The van der Waals surface area contributed by atoms with Gasteiger partial charge in [-0.05, 0) is 31.2 Å². The second-order valence-corrected chi connectivity index (χ2v) is 8.54. The molecular formula is C27H32N4O2. The molecule has 1 aliphatic rings. The molecule has 1 amide bonds. The van der Waals surface area contributed by atoms with Gasteiger partial charge in [0.2, 0.25) is 5.88 Å². The van der Waals surface area contributed by atoms with Crippen LogP contribution in [0.4, 0.5) is 0 Å². The molecule has 1 saturated heterocycles. The summed E-state index contributed by atoms with van der Waals surface area (Å²) >= 11 is 0. The maximum atomic E-state index is 12.6. The molecule has 172 valence electrons. The molecule has 1 fully saturated rings. The Labute approximate surface area is 196 Å². The monoisotopic (exact) mass is 444 g/mol. The summed E-state index contributed by atoms with van der Waals surface area (Å²) in [7, 11) is 2.16. The van der Waals surface area contributed by atoms with Crippen LogP contribution in [-0.4, -0.2) is 60.5 Å². The Balaban J connectivity index is 1.28. The van der Waals surface area contributed by atoms with Gasteiger partial charge in [0.05, 0.1) is 5.56 Å². The summed E-state index contributed by atoms with van der Waals surface area (Å²) in [5.74, 6) is 0.390. The third-order valence-corrected chi connectivity index (χ3v) is 6.13. The highest BCUT2D eigenvalue weighted by molar-refractivity contribution is 5.93. The van der Waals surface area contributed by atoms with Crippen LogP contribution in [0.2, 0.25) is 0 Å². The van der Waals surface area contributed by atoms with E-state index in [-0.39, 0.29) is 12.0 Å². The fourth-order valence-corrected chi connectivity index (χ4v) is 4.19. The fraction of sp³-hybridized carbons (Fsp3) is 0.333. The molecular weight excluding hydrogens is 412 g/mol. The van der Waals surface area contributed by atoms with E-state index >= 15 is 0 Å². The van der Waals surface area contributed by atoms with Crippen LogP contribution in [0.3, 0.4) is 0 Å². The number of ether oxygens (including phenoxy) is 1. The van der Waals surface area contributed by atoms with Gasteiger partial charge < -0.3 is 15.0 Å². The first-order chi connectivity index (χ1) is 16.1. The van der Waals surface area contributed by atoms with Crippen molar-refractivity contribution in [2.45, 2.75) is 19.1 Å². The smallest absolute Gasteiger partial charge is 0.252 e. The Bertz CT molecular complexity index is 1010. The number of piperazine rings is 1. The highest BCUT2D eigenvalue weighted by atomic mass is 16.5. The minimum atomic E-state index is -0.115. The van der Waals surface area contributed by atoms with Crippen LogP contribution in [0, 0.1) is 0 Å². The molecule has 2 heterocycles. The summed E-state index contributed by atoms with van der Waals surface area (Å²) < 4.78 is 5.90. The van der Waals surface area contributed by atoms with Crippen molar-refractivity contribution in [2.75, 3.05) is 39.8 Å². The molecule has 2 atom stereocenters. The molecule has 4 rings (SSSR count). The third-order valence-electron chi connectivity index (χ3n) is 6.13. The summed E-state index contributed by atoms with van der Waals surface area (Å²) in [6.45, 7) is 6.39. The predicted octanol–water partition coefficient (Wildman–Crippen LogP) is 3.94. The number of rotatable bonds is 8. The standard InChI is InChI=1S/C27H32N4O2/c1-21(22-9-5-3-6-10-22)33-26-14-13-24(19-29-26)27(32)28-15-16-31-18-17-30(2)20-25(31)23-11-7-4-8-12-23/h3-14,19,21,25H,15-18,20H2,1-2H3,(H,28,32)/t21-,25+/m1/s1. The summed E-state index contributed by atoms with van der Waals surface area (Å²) in [6.07, 6.45) is 1.46. The number of pyridine rings is 1. The van der Waals surface area contributed by atoms with Crippen LogP contribution in [0.15, 0.2) is 79.0 Å². The molecule has 0 radical (unpaired) electrons. The van der Waals surface area contributed by atoms with E-state index in [1.54, 1.807) is 18.3 Å². The number of likely N-dealkylation sites (N-methyl/N-ethyl adjacent to an activating group) is 1. The lowest BCUT2D eigenvalue weighted by atomic mass is 10.0. The predicted molar refractivity (Wildman–Crippen MR) is 130 cm³/mol. The Kier molecular flexibility index (Phi) is 7.70. The summed E-state index contributed by atoms with van der Waals surface area (Å²) in [6, 6.07) is 24.4. The summed E-state index contributed by atoms with van der Waals surface area (Å²) in [4.78, 5) is 21.8. The van der Waals surface area contributed by atoms with Crippen molar-refractivity contribution in [1.29, 1.82) is 0 Å². The second kappa shape index (κ2) is 11.1. The van der Waals surface area contributed by atoms with E-state index in [0.29, 0.717) is 24.0 Å². The highest BCUT2D eigenvalue weighted by Crippen LogP contribution is 2.24. The number of aromatic nitrogens is 1. The van der Waals surface area contributed by atoms with Crippen molar-refractivity contribution in [1.82, 2.24) is 20.1 Å². The van der Waals surface area contributed by atoms with E-state index < -0.39 is 0 Å². The third kappa shape index (κ3) is 6.18. The van der Waals surface area contributed by atoms with Crippen LogP contribution >= 0.6 is 0 Å². The molecule has 6 heteroatoms. The van der Waals surface area contributed by atoms with Crippen molar-refractivity contribution in [2.24, 2.45) is 0 Å². The molecule has 33 heavy (non-hydrogen) atoms. The van der Waals surface area contributed by atoms with E-state index in [2.05, 4.69) is 51.4 Å². The van der Waals surface area contributed by atoms with Gasteiger partial charge in [-0.3, -0.25) is 9.69 Å². The average Bonchev–Trinajstić information content (AvgIpc) is 2.86. The van der Waals surface area contributed by atoms with Crippen LogP contribution < -0.4 is 10.1 Å². The average molecular weight is 445 g/mol. The van der Waals surface area contributed by atoms with Crippen LogP contribution in [0.1, 0.15) is 40.6 Å². The SMILES string of the molecule is C[C@@H](Oc1ccc(C(=O)NCCN2CCN(C)C[C@H]2c2ccccc2)cn1)c1ccccc1. The van der Waals surface area contributed by atoms with E-state index in [9.17, 15) is 4.79 Å². The van der Waals surface area contributed by atoms with E-state index in [4.69, 9.17) is 4.74 Å². The summed E-state index contributed by atoms with van der Waals surface area (Å²) in [5.41, 5.74) is 2.94. The van der Waals surface area contributed by atoms with E-state index in [1.165, 1.54) is 5.56 Å².